The SMILES string of the molecule is COC(=O)C(I)CNC(=O)c1c(F)c(F)c(F)c(F)c1F. The number of nitrogens with one attached hydrogen (secondary N) is 1. The van der Waals surface area contributed by atoms with Gasteiger partial charge in [0.2, 0.25) is 5.82 Å². The van der Waals surface area contributed by atoms with Gasteiger partial charge >= 0.3 is 5.97 Å². The van der Waals surface area contributed by atoms with E-state index < -0.39 is 57.0 Å². The van der Waals surface area contributed by atoms with E-state index in [2.05, 4.69) is 4.74 Å². The van der Waals surface area contributed by atoms with E-state index in [9.17, 15) is 31.5 Å². The number of benzene rings is 1. The van der Waals surface area contributed by atoms with Gasteiger partial charge in [-0.15, -0.1) is 0 Å². The maximum absolute atomic E-state index is 13.3. The normalized spacial score (nSPS) is 12.0. The fourth-order valence-corrected chi connectivity index (χ4v) is 1.76. The quantitative estimate of drug-likeness (QED) is 0.202. The molecule has 1 aromatic rings. The van der Waals surface area contributed by atoms with Gasteiger partial charge in [-0.1, -0.05) is 22.6 Å². The molecule has 1 amide bonds. The first kappa shape index (κ1) is 17.6. The Morgan fingerprint density at radius 2 is 1.48 bits per heavy atom. The van der Waals surface area contributed by atoms with E-state index in [1.807, 2.05) is 5.32 Å². The van der Waals surface area contributed by atoms with Crippen molar-refractivity contribution in [3.8, 4) is 0 Å². The van der Waals surface area contributed by atoms with E-state index in [-0.39, 0.29) is 0 Å². The molecule has 1 rings (SSSR count). The Hall–Kier alpha value is -1.46. The van der Waals surface area contributed by atoms with Crippen LogP contribution in [0.5, 0.6) is 0 Å². The number of amides is 1. The lowest BCUT2D eigenvalue weighted by Gasteiger charge is -2.11. The summed E-state index contributed by atoms with van der Waals surface area (Å²) in [5, 5.41) is 1.89. The minimum absolute atomic E-state index is 0.411. The lowest BCUT2D eigenvalue weighted by atomic mass is 10.1. The van der Waals surface area contributed by atoms with Crippen molar-refractivity contribution in [2.45, 2.75) is 3.92 Å². The molecule has 0 aliphatic heterocycles. The number of ether oxygens (including phenoxy) is 1. The first-order valence-electron chi connectivity index (χ1n) is 5.23. The summed E-state index contributed by atoms with van der Waals surface area (Å²) in [4.78, 5) is 22.6. The summed E-state index contributed by atoms with van der Waals surface area (Å²) < 4.78 is 68.8. The minimum atomic E-state index is -2.36. The van der Waals surface area contributed by atoms with E-state index in [0.29, 0.717) is 0 Å². The predicted molar refractivity (Wildman–Crippen MR) is 68.4 cm³/mol. The monoisotopic (exact) mass is 423 g/mol. The zero-order valence-corrected chi connectivity index (χ0v) is 12.4. The molecule has 0 fully saturated rings. The van der Waals surface area contributed by atoms with Crippen LogP contribution in [0.25, 0.3) is 0 Å². The zero-order valence-electron chi connectivity index (χ0n) is 10.3. The summed E-state index contributed by atoms with van der Waals surface area (Å²) in [6.07, 6.45) is 0. The van der Waals surface area contributed by atoms with Crippen LogP contribution >= 0.6 is 22.6 Å². The maximum atomic E-state index is 13.3. The molecule has 21 heavy (non-hydrogen) atoms. The minimum Gasteiger partial charge on any atom is -0.468 e. The van der Waals surface area contributed by atoms with E-state index >= 15 is 0 Å². The molecule has 0 aromatic heterocycles. The molecule has 0 aliphatic carbocycles. The standard InChI is InChI=1S/C11H7F5INO3/c1-21-11(20)3(17)2-18-10(19)4-5(12)7(14)9(16)8(15)6(4)13/h3H,2H2,1H3,(H,18,19). The first-order valence-corrected chi connectivity index (χ1v) is 6.48. The molecular formula is C11H7F5INO3. The van der Waals surface area contributed by atoms with E-state index in [4.69, 9.17) is 0 Å². The zero-order chi connectivity index (χ0) is 16.3. The molecular weight excluding hydrogens is 416 g/mol. The van der Waals surface area contributed by atoms with Crippen molar-refractivity contribution in [3.05, 3.63) is 34.6 Å². The summed E-state index contributed by atoms with van der Waals surface area (Å²) in [7, 11) is 1.08. The van der Waals surface area contributed by atoms with Gasteiger partial charge in [0.25, 0.3) is 5.91 Å². The van der Waals surface area contributed by atoms with Crippen molar-refractivity contribution in [1.82, 2.24) is 5.32 Å². The van der Waals surface area contributed by atoms with E-state index in [1.165, 1.54) is 0 Å². The first-order chi connectivity index (χ1) is 9.72. The Morgan fingerprint density at radius 3 is 1.90 bits per heavy atom. The number of carbonyl (C=O) groups excluding carboxylic acids is 2. The summed E-state index contributed by atoms with van der Waals surface area (Å²) in [5.74, 6) is -13.6. The fourth-order valence-electron chi connectivity index (χ4n) is 1.29. The second kappa shape index (κ2) is 7.00. The highest BCUT2D eigenvalue weighted by Crippen LogP contribution is 2.22. The molecule has 0 heterocycles. The highest BCUT2D eigenvalue weighted by Gasteiger charge is 2.30. The topological polar surface area (TPSA) is 55.4 Å². The predicted octanol–water partition coefficient (Wildman–Crippen LogP) is 2.09. The third-order valence-corrected chi connectivity index (χ3v) is 3.28. The second-order valence-electron chi connectivity index (χ2n) is 3.65. The Bertz CT molecular complexity index is 567. The molecule has 0 aliphatic rings. The van der Waals surface area contributed by atoms with Crippen LogP contribution in [0.2, 0.25) is 0 Å². The largest absolute Gasteiger partial charge is 0.468 e. The molecule has 0 spiro atoms. The van der Waals surface area contributed by atoms with Crippen LogP contribution in [0, 0.1) is 29.1 Å². The van der Waals surface area contributed by atoms with Gasteiger partial charge in [-0.3, -0.25) is 9.59 Å². The summed E-state index contributed by atoms with van der Waals surface area (Å²) >= 11 is 1.57. The molecule has 4 nitrogen and oxygen atoms in total. The molecule has 1 atom stereocenters. The molecule has 0 radical (unpaired) electrons. The van der Waals surface area contributed by atoms with E-state index in [0.717, 1.165) is 7.11 Å². The van der Waals surface area contributed by atoms with Crippen LogP contribution in [0.1, 0.15) is 10.4 Å². The smallest absolute Gasteiger partial charge is 0.320 e. The van der Waals surface area contributed by atoms with Crippen molar-refractivity contribution in [2.24, 2.45) is 0 Å². The number of alkyl halides is 1. The van der Waals surface area contributed by atoms with Crippen molar-refractivity contribution in [3.63, 3.8) is 0 Å². The molecule has 0 saturated carbocycles. The van der Waals surface area contributed by atoms with Gasteiger partial charge in [-0.2, -0.15) is 0 Å². The van der Waals surface area contributed by atoms with Crippen LogP contribution < -0.4 is 5.32 Å². The number of hydrogen-bond acceptors (Lipinski definition) is 3. The van der Waals surface area contributed by atoms with Crippen LogP contribution in [0.3, 0.4) is 0 Å². The number of halogens is 6. The summed E-state index contributed by atoms with van der Waals surface area (Å²) in [6, 6.07) is 0. The maximum Gasteiger partial charge on any atom is 0.320 e. The molecule has 0 bridgehead atoms. The molecule has 116 valence electrons. The van der Waals surface area contributed by atoms with Crippen molar-refractivity contribution < 1.29 is 36.3 Å². The summed E-state index contributed by atoms with van der Waals surface area (Å²) in [5.41, 5.74) is -1.61. The van der Waals surface area contributed by atoms with Gasteiger partial charge < -0.3 is 10.1 Å². The molecule has 0 saturated heterocycles. The van der Waals surface area contributed by atoms with Gasteiger partial charge in [-0.25, -0.2) is 22.0 Å². The number of carbonyl (C=O) groups is 2. The highest BCUT2D eigenvalue weighted by molar-refractivity contribution is 14.1. The van der Waals surface area contributed by atoms with Gasteiger partial charge in [-0.05, 0) is 0 Å². The number of esters is 1. The van der Waals surface area contributed by atoms with Gasteiger partial charge in [0, 0.05) is 6.54 Å². The van der Waals surface area contributed by atoms with Crippen LogP contribution in [0.4, 0.5) is 22.0 Å². The second-order valence-corrected chi connectivity index (χ2v) is 5.15. The van der Waals surface area contributed by atoms with Crippen LogP contribution in [-0.4, -0.2) is 29.5 Å². The van der Waals surface area contributed by atoms with Crippen molar-refractivity contribution in [1.29, 1.82) is 0 Å². The van der Waals surface area contributed by atoms with Gasteiger partial charge in [0.15, 0.2) is 23.3 Å². The number of hydrogen-bond donors (Lipinski definition) is 1. The molecule has 1 N–H and O–H groups in total. The van der Waals surface area contributed by atoms with E-state index in [1.54, 1.807) is 22.6 Å². The van der Waals surface area contributed by atoms with Crippen molar-refractivity contribution >= 4 is 34.5 Å². The Balaban J connectivity index is 3.02. The number of methoxy groups -OCH3 is 1. The van der Waals surface area contributed by atoms with Gasteiger partial charge in [0.1, 0.15) is 9.49 Å². The molecule has 1 unspecified atom stereocenters. The lowest BCUT2D eigenvalue weighted by Crippen LogP contribution is -2.35. The third-order valence-electron chi connectivity index (χ3n) is 2.34. The lowest BCUT2D eigenvalue weighted by molar-refractivity contribution is -0.139. The van der Waals surface area contributed by atoms with Crippen LogP contribution in [-0.2, 0) is 9.53 Å². The van der Waals surface area contributed by atoms with Crippen molar-refractivity contribution in [2.75, 3.05) is 13.7 Å². The Labute approximate surface area is 128 Å². The van der Waals surface area contributed by atoms with Crippen LogP contribution in [0.15, 0.2) is 0 Å². The van der Waals surface area contributed by atoms with Gasteiger partial charge in [0.05, 0.1) is 7.11 Å². The average molecular weight is 423 g/mol. The molecule has 1 aromatic carbocycles. The Morgan fingerprint density at radius 1 is 1.05 bits per heavy atom. The average Bonchev–Trinajstić information content (AvgIpc) is 2.47. The highest BCUT2D eigenvalue weighted by atomic mass is 127. The third kappa shape index (κ3) is 3.60. The Kier molecular flexibility index (Phi) is 5.87. The fraction of sp³-hybridized carbons (Fsp3) is 0.273. The summed E-state index contributed by atoms with van der Waals surface area (Å²) in [6.45, 7) is -0.411. The number of rotatable bonds is 4. The molecule has 10 heteroatoms.